The second kappa shape index (κ2) is 5.86. The molecule has 0 aliphatic rings. The minimum absolute atomic E-state index is 0.00453. The molecule has 0 unspecified atom stereocenters. The van der Waals surface area contributed by atoms with Gasteiger partial charge in [0.2, 0.25) is 25.0 Å². The molecule has 2 aromatic rings. The van der Waals surface area contributed by atoms with E-state index in [0.717, 1.165) is 6.26 Å². The van der Waals surface area contributed by atoms with Gasteiger partial charge in [0.1, 0.15) is 0 Å². The molecule has 2 rings (SSSR count). The van der Waals surface area contributed by atoms with Gasteiger partial charge in [0.05, 0.1) is 5.75 Å². The molecule has 0 saturated heterocycles. The zero-order valence-electron chi connectivity index (χ0n) is 11.3. The Morgan fingerprint density at radius 2 is 1.81 bits per heavy atom. The highest BCUT2D eigenvalue weighted by atomic mass is 32.2. The first-order valence-corrected chi connectivity index (χ1v) is 9.59. The van der Waals surface area contributed by atoms with Crippen molar-refractivity contribution in [3.8, 4) is 0 Å². The first kappa shape index (κ1) is 15.5. The molecule has 1 aromatic carbocycles. The lowest BCUT2D eigenvalue weighted by Gasteiger charge is -2.09. The van der Waals surface area contributed by atoms with Crippen LogP contribution in [0.25, 0.3) is 0 Å². The Hall–Kier alpha value is -1.87. The van der Waals surface area contributed by atoms with Crippen LogP contribution in [-0.2, 0) is 26.4 Å². The molecule has 0 aliphatic carbocycles. The molecule has 0 aliphatic heterocycles. The first-order chi connectivity index (χ1) is 9.78. The lowest BCUT2D eigenvalue weighted by molar-refractivity contribution is 0.566. The summed E-state index contributed by atoms with van der Waals surface area (Å²) in [5.41, 5.74) is 0.464. The number of aryl methyl sites for hydroxylation is 1. The molecule has 0 spiro atoms. The Kier molecular flexibility index (Phi) is 4.33. The number of imidazole rings is 1. The number of anilines is 1. The standard InChI is InChI=1S/C12H15N3O4S2/c1-20(16,17)12-13-7-8-15(12)9-10-21(18,19)14-11-5-3-2-4-6-11/h2-8,14H,9-10H2,1H3. The second-order valence-corrected chi connectivity index (χ2v) is 8.21. The van der Waals surface area contributed by atoms with Crippen molar-refractivity contribution in [2.75, 3.05) is 16.7 Å². The molecule has 1 N–H and O–H groups in total. The van der Waals surface area contributed by atoms with Crippen LogP contribution in [0.2, 0.25) is 0 Å². The Balaban J connectivity index is 2.08. The predicted octanol–water partition coefficient (Wildman–Crippen LogP) is 0.728. The number of sulfone groups is 1. The van der Waals surface area contributed by atoms with Crippen molar-refractivity contribution in [1.29, 1.82) is 0 Å². The average Bonchev–Trinajstić information content (AvgIpc) is 2.85. The van der Waals surface area contributed by atoms with Crippen LogP contribution in [0, 0.1) is 0 Å². The van der Waals surface area contributed by atoms with Crippen LogP contribution in [0.3, 0.4) is 0 Å². The minimum atomic E-state index is -3.57. The van der Waals surface area contributed by atoms with E-state index in [-0.39, 0.29) is 17.5 Å². The summed E-state index contributed by atoms with van der Waals surface area (Å²) in [7, 11) is -7.05. The normalized spacial score (nSPS) is 12.2. The highest BCUT2D eigenvalue weighted by Gasteiger charge is 2.17. The Morgan fingerprint density at radius 1 is 1.14 bits per heavy atom. The maximum absolute atomic E-state index is 12.0. The molecule has 0 fully saturated rings. The number of rotatable bonds is 6. The molecule has 7 nitrogen and oxygen atoms in total. The lowest BCUT2D eigenvalue weighted by atomic mass is 10.3. The van der Waals surface area contributed by atoms with E-state index < -0.39 is 19.9 Å². The molecule has 114 valence electrons. The van der Waals surface area contributed by atoms with E-state index in [9.17, 15) is 16.8 Å². The number of nitrogens with zero attached hydrogens (tertiary/aromatic N) is 2. The SMILES string of the molecule is CS(=O)(=O)c1nccn1CCS(=O)(=O)Nc1ccccc1. The predicted molar refractivity (Wildman–Crippen MR) is 79.2 cm³/mol. The van der Waals surface area contributed by atoms with Crippen LogP contribution in [-0.4, -0.2) is 38.4 Å². The molecule has 0 bridgehead atoms. The molecule has 9 heteroatoms. The average molecular weight is 329 g/mol. The molecule has 0 amide bonds. The summed E-state index contributed by atoms with van der Waals surface area (Å²) in [4.78, 5) is 3.73. The number of nitrogens with one attached hydrogen (secondary N) is 1. The molecule has 1 aromatic heterocycles. The van der Waals surface area contributed by atoms with Crippen molar-refractivity contribution in [2.45, 2.75) is 11.7 Å². The molecular weight excluding hydrogens is 314 g/mol. The molecule has 21 heavy (non-hydrogen) atoms. The van der Waals surface area contributed by atoms with E-state index in [0.29, 0.717) is 5.69 Å². The van der Waals surface area contributed by atoms with E-state index in [1.807, 2.05) is 0 Å². The van der Waals surface area contributed by atoms with Gasteiger partial charge < -0.3 is 4.57 Å². The third-order valence-electron chi connectivity index (χ3n) is 2.66. The van der Waals surface area contributed by atoms with E-state index in [1.54, 1.807) is 30.3 Å². The van der Waals surface area contributed by atoms with Crippen LogP contribution in [0.5, 0.6) is 0 Å². The summed E-state index contributed by atoms with van der Waals surface area (Å²) in [5, 5.41) is -0.141. The van der Waals surface area contributed by atoms with Gasteiger partial charge in [-0.15, -0.1) is 0 Å². The quantitative estimate of drug-likeness (QED) is 0.842. The Labute approximate surface area is 123 Å². The highest BCUT2D eigenvalue weighted by Crippen LogP contribution is 2.10. The summed E-state index contributed by atoms with van der Waals surface area (Å²) in [5.74, 6) is -0.249. The number of aromatic nitrogens is 2. The van der Waals surface area contributed by atoms with Gasteiger partial charge in [-0.25, -0.2) is 21.8 Å². The second-order valence-electron chi connectivity index (χ2n) is 4.46. The topological polar surface area (TPSA) is 98.1 Å². The van der Waals surface area contributed by atoms with Crippen molar-refractivity contribution in [3.63, 3.8) is 0 Å². The molecular formula is C12H15N3O4S2. The Morgan fingerprint density at radius 3 is 2.43 bits per heavy atom. The van der Waals surface area contributed by atoms with Crippen molar-refractivity contribution in [2.24, 2.45) is 0 Å². The van der Waals surface area contributed by atoms with Crippen molar-refractivity contribution < 1.29 is 16.8 Å². The fraction of sp³-hybridized carbons (Fsp3) is 0.250. The maximum Gasteiger partial charge on any atom is 0.234 e. The third kappa shape index (κ3) is 4.30. The van der Waals surface area contributed by atoms with Crippen molar-refractivity contribution >= 4 is 25.5 Å². The van der Waals surface area contributed by atoms with Crippen LogP contribution in [0.1, 0.15) is 0 Å². The van der Waals surface area contributed by atoms with Gasteiger partial charge in [-0.1, -0.05) is 18.2 Å². The van der Waals surface area contributed by atoms with Gasteiger partial charge in [-0.05, 0) is 12.1 Å². The van der Waals surface area contributed by atoms with E-state index in [4.69, 9.17) is 0 Å². The monoisotopic (exact) mass is 329 g/mol. The van der Waals surface area contributed by atoms with E-state index in [1.165, 1.54) is 17.0 Å². The molecule has 0 saturated carbocycles. The summed E-state index contributed by atoms with van der Waals surface area (Å²) >= 11 is 0. The molecule has 0 atom stereocenters. The number of sulfonamides is 1. The van der Waals surface area contributed by atoms with E-state index in [2.05, 4.69) is 9.71 Å². The van der Waals surface area contributed by atoms with Gasteiger partial charge in [0.25, 0.3) is 0 Å². The number of hydrogen-bond acceptors (Lipinski definition) is 5. The summed E-state index contributed by atoms with van der Waals surface area (Å²) < 4.78 is 50.6. The fourth-order valence-electron chi connectivity index (χ4n) is 1.75. The smallest absolute Gasteiger partial charge is 0.234 e. The zero-order valence-corrected chi connectivity index (χ0v) is 12.9. The number of benzene rings is 1. The maximum atomic E-state index is 12.0. The van der Waals surface area contributed by atoms with Crippen LogP contribution < -0.4 is 4.72 Å². The fourth-order valence-corrected chi connectivity index (χ4v) is 3.61. The van der Waals surface area contributed by atoms with Crippen LogP contribution in [0.4, 0.5) is 5.69 Å². The van der Waals surface area contributed by atoms with Crippen LogP contribution in [0.15, 0.2) is 47.9 Å². The zero-order chi connectivity index (χ0) is 15.5. The van der Waals surface area contributed by atoms with Gasteiger partial charge in [0.15, 0.2) is 0 Å². The summed E-state index contributed by atoms with van der Waals surface area (Å²) in [6, 6.07) is 8.49. The van der Waals surface area contributed by atoms with Gasteiger partial charge in [-0.3, -0.25) is 4.72 Å². The number of para-hydroxylation sites is 1. The lowest BCUT2D eigenvalue weighted by Crippen LogP contribution is -2.21. The van der Waals surface area contributed by atoms with Gasteiger partial charge in [0, 0.05) is 30.9 Å². The first-order valence-electron chi connectivity index (χ1n) is 6.05. The molecule has 0 radical (unpaired) electrons. The van der Waals surface area contributed by atoms with Crippen molar-refractivity contribution in [1.82, 2.24) is 9.55 Å². The van der Waals surface area contributed by atoms with E-state index >= 15 is 0 Å². The van der Waals surface area contributed by atoms with Gasteiger partial charge >= 0.3 is 0 Å². The van der Waals surface area contributed by atoms with Crippen molar-refractivity contribution in [3.05, 3.63) is 42.7 Å². The largest absolute Gasteiger partial charge is 0.321 e. The Bertz CT molecular complexity index is 811. The minimum Gasteiger partial charge on any atom is -0.321 e. The summed E-state index contributed by atoms with van der Waals surface area (Å²) in [6.45, 7) is 0.00453. The third-order valence-corrected chi connectivity index (χ3v) is 4.93. The number of hydrogen-bond donors (Lipinski definition) is 1. The highest BCUT2D eigenvalue weighted by molar-refractivity contribution is 7.92. The summed E-state index contributed by atoms with van der Waals surface area (Å²) in [6.07, 6.45) is 3.80. The molecule has 1 heterocycles. The van der Waals surface area contributed by atoms with Gasteiger partial charge in [-0.2, -0.15) is 0 Å². The van der Waals surface area contributed by atoms with Crippen LogP contribution >= 0.6 is 0 Å².